The smallest absolute Gasteiger partial charge is 0.304 e. The standard InChI is InChI=1S/C17H19N7O/c1-17(2,3)13-7-8-14(23-22-13)21-16(25)20-12-10-19-24-15(12)11-6-4-5-9-18-11/h4-10H,1-3H3,(H,19,24)(H2,20,21,23,25). The molecule has 0 aliphatic heterocycles. The molecule has 0 atom stereocenters. The number of rotatable bonds is 3. The fourth-order valence-corrected chi connectivity index (χ4v) is 2.16. The lowest BCUT2D eigenvalue weighted by molar-refractivity contribution is 0.262. The molecule has 3 aromatic heterocycles. The number of hydrogen-bond donors (Lipinski definition) is 3. The number of carbonyl (C=O) groups is 1. The van der Waals surface area contributed by atoms with Crippen LogP contribution >= 0.6 is 0 Å². The normalized spacial score (nSPS) is 11.2. The number of urea groups is 1. The van der Waals surface area contributed by atoms with Gasteiger partial charge in [-0.25, -0.2) is 4.79 Å². The first-order valence-corrected chi connectivity index (χ1v) is 7.80. The van der Waals surface area contributed by atoms with E-state index in [0.29, 0.717) is 22.9 Å². The van der Waals surface area contributed by atoms with E-state index in [9.17, 15) is 4.79 Å². The first-order valence-electron chi connectivity index (χ1n) is 7.80. The molecule has 3 aromatic rings. The van der Waals surface area contributed by atoms with Crippen molar-refractivity contribution >= 4 is 17.5 Å². The van der Waals surface area contributed by atoms with Crippen LogP contribution in [0.2, 0.25) is 0 Å². The molecule has 0 aliphatic rings. The van der Waals surface area contributed by atoms with Crippen molar-refractivity contribution in [3.05, 3.63) is 48.4 Å². The van der Waals surface area contributed by atoms with Crippen molar-refractivity contribution in [3.63, 3.8) is 0 Å². The molecule has 0 aromatic carbocycles. The van der Waals surface area contributed by atoms with Gasteiger partial charge in [0, 0.05) is 11.6 Å². The molecule has 0 bridgehead atoms. The fourth-order valence-electron chi connectivity index (χ4n) is 2.16. The van der Waals surface area contributed by atoms with Crippen LogP contribution in [0.15, 0.2) is 42.7 Å². The van der Waals surface area contributed by atoms with Crippen molar-refractivity contribution < 1.29 is 4.79 Å². The maximum Gasteiger partial charge on any atom is 0.325 e. The maximum atomic E-state index is 12.2. The molecule has 8 heteroatoms. The maximum absolute atomic E-state index is 12.2. The lowest BCUT2D eigenvalue weighted by atomic mass is 9.92. The molecular weight excluding hydrogens is 318 g/mol. The zero-order valence-electron chi connectivity index (χ0n) is 14.2. The summed E-state index contributed by atoms with van der Waals surface area (Å²) in [6, 6.07) is 8.64. The van der Waals surface area contributed by atoms with Crippen molar-refractivity contribution in [1.29, 1.82) is 0 Å². The van der Waals surface area contributed by atoms with Crippen LogP contribution in [0.5, 0.6) is 0 Å². The van der Waals surface area contributed by atoms with Gasteiger partial charge in [-0.15, -0.1) is 5.10 Å². The topological polar surface area (TPSA) is 108 Å². The molecule has 3 N–H and O–H groups in total. The van der Waals surface area contributed by atoms with Crippen molar-refractivity contribution in [2.75, 3.05) is 10.6 Å². The lowest BCUT2D eigenvalue weighted by Crippen LogP contribution is -2.21. The highest BCUT2D eigenvalue weighted by atomic mass is 16.2. The van der Waals surface area contributed by atoms with Gasteiger partial charge >= 0.3 is 6.03 Å². The quantitative estimate of drug-likeness (QED) is 0.680. The minimum Gasteiger partial charge on any atom is -0.304 e. The van der Waals surface area contributed by atoms with E-state index in [1.165, 1.54) is 6.20 Å². The Hall–Kier alpha value is -3.29. The van der Waals surface area contributed by atoms with Crippen LogP contribution < -0.4 is 10.6 Å². The molecule has 3 rings (SSSR count). The highest BCUT2D eigenvalue weighted by molar-refractivity contribution is 6.01. The Bertz CT molecular complexity index is 851. The van der Waals surface area contributed by atoms with Crippen molar-refractivity contribution in [2.24, 2.45) is 0 Å². The summed E-state index contributed by atoms with van der Waals surface area (Å²) in [5, 5.41) is 20.4. The number of aromatic nitrogens is 5. The van der Waals surface area contributed by atoms with Crippen LogP contribution in [0.3, 0.4) is 0 Å². The first-order chi connectivity index (χ1) is 11.9. The van der Waals surface area contributed by atoms with Gasteiger partial charge in [0.2, 0.25) is 0 Å². The summed E-state index contributed by atoms with van der Waals surface area (Å²) in [6.07, 6.45) is 3.20. The summed E-state index contributed by atoms with van der Waals surface area (Å²) in [6.45, 7) is 6.15. The predicted octanol–water partition coefficient (Wildman–Crippen LogP) is 3.20. The summed E-state index contributed by atoms with van der Waals surface area (Å²) >= 11 is 0. The van der Waals surface area contributed by atoms with E-state index in [1.54, 1.807) is 12.3 Å². The Balaban J connectivity index is 1.69. The van der Waals surface area contributed by atoms with Gasteiger partial charge in [0.1, 0.15) is 5.69 Å². The second-order valence-electron chi connectivity index (χ2n) is 6.51. The molecular formula is C17H19N7O. The Morgan fingerprint density at radius 2 is 1.92 bits per heavy atom. The Labute approximate surface area is 145 Å². The second kappa shape index (κ2) is 6.68. The van der Waals surface area contributed by atoms with Crippen molar-refractivity contribution in [2.45, 2.75) is 26.2 Å². The fraction of sp³-hybridized carbons (Fsp3) is 0.235. The summed E-state index contributed by atoms with van der Waals surface area (Å²) in [5.74, 6) is 0.369. The van der Waals surface area contributed by atoms with E-state index in [4.69, 9.17) is 0 Å². The Morgan fingerprint density at radius 3 is 2.56 bits per heavy atom. The van der Waals surface area contributed by atoms with Crippen LogP contribution in [0.1, 0.15) is 26.5 Å². The number of anilines is 2. The van der Waals surface area contributed by atoms with Gasteiger partial charge in [-0.2, -0.15) is 10.2 Å². The molecule has 0 saturated heterocycles. The summed E-state index contributed by atoms with van der Waals surface area (Å²) in [7, 11) is 0. The molecule has 0 fully saturated rings. The van der Waals surface area contributed by atoms with Crippen LogP contribution in [0.4, 0.5) is 16.3 Å². The zero-order chi connectivity index (χ0) is 17.9. The van der Waals surface area contributed by atoms with Gasteiger partial charge in [-0.1, -0.05) is 26.8 Å². The molecule has 0 spiro atoms. The monoisotopic (exact) mass is 337 g/mol. The van der Waals surface area contributed by atoms with Crippen LogP contribution in [-0.4, -0.2) is 31.4 Å². The minimum atomic E-state index is -0.434. The van der Waals surface area contributed by atoms with Gasteiger partial charge in [-0.3, -0.25) is 15.4 Å². The molecule has 0 saturated carbocycles. The van der Waals surface area contributed by atoms with E-state index in [2.05, 4.69) is 56.8 Å². The molecule has 128 valence electrons. The number of carbonyl (C=O) groups excluding carboxylic acids is 1. The van der Waals surface area contributed by atoms with Crippen molar-refractivity contribution in [3.8, 4) is 11.4 Å². The van der Waals surface area contributed by atoms with E-state index >= 15 is 0 Å². The summed E-state index contributed by atoms with van der Waals surface area (Å²) < 4.78 is 0. The molecule has 8 nitrogen and oxygen atoms in total. The summed E-state index contributed by atoms with van der Waals surface area (Å²) in [4.78, 5) is 16.4. The number of nitrogens with zero attached hydrogens (tertiary/aromatic N) is 4. The third-order valence-corrected chi connectivity index (χ3v) is 3.48. The average Bonchev–Trinajstić information content (AvgIpc) is 3.03. The molecule has 0 radical (unpaired) electrons. The number of H-pyrrole nitrogens is 1. The van der Waals surface area contributed by atoms with Crippen LogP contribution in [0.25, 0.3) is 11.4 Å². The van der Waals surface area contributed by atoms with E-state index in [0.717, 1.165) is 5.69 Å². The number of aromatic amines is 1. The Morgan fingerprint density at radius 1 is 1.08 bits per heavy atom. The average molecular weight is 337 g/mol. The third-order valence-electron chi connectivity index (χ3n) is 3.48. The number of amides is 2. The molecule has 25 heavy (non-hydrogen) atoms. The lowest BCUT2D eigenvalue weighted by Gasteiger charge is -2.16. The number of pyridine rings is 1. The first kappa shape index (κ1) is 16.6. The van der Waals surface area contributed by atoms with Crippen LogP contribution in [0, 0.1) is 0 Å². The van der Waals surface area contributed by atoms with Crippen molar-refractivity contribution in [1.82, 2.24) is 25.4 Å². The van der Waals surface area contributed by atoms with E-state index < -0.39 is 6.03 Å². The minimum absolute atomic E-state index is 0.0951. The molecule has 3 heterocycles. The number of nitrogens with one attached hydrogen (secondary N) is 3. The zero-order valence-corrected chi connectivity index (χ0v) is 14.2. The highest BCUT2D eigenvalue weighted by Gasteiger charge is 2.16. The second-order valence-corrected chi connectivity index (χ2v) is 6.51. The highest BCUT2D eigenvalue weighted by Crippen LogP contribution is 2.23. The van der Waals surface area contributed by atoms with Gasteiger partial charge in [-0.05, 0) is 24.3 Å². The SMILES string of the molecule is CC(C)(C)c1ccc(NC(=O)Nc2cn[nH]c2-c2ccccn2)nn1. The third kappa shape index (κ3) is 3.97. The molecule has 2 amide bonds. The van der Waals surface area contributed by atoms with Gasteiger partial charge in [0.25, 0.3) is 0 Å². The van der Waals surface area contributed by atoms with Crippen LogP contribution in [-0.2, 0) is 5.41 Å². The Kier molecular flexibility index (Phi) is 4.42. The number of hydrogen-bond acceptors (Lipinski definition) is 5. The largest absolute Gasteiger partial charge is 0.325 e. The predicted molar refractivity (Wildman–Crippen MR) is 95.2 cm³/mol. The summed E-state index contributed by atoms with van der Waals surface area (Å²) in [5.41, 5.74) is 2.60. The van der Waals surface area contributed by atoms with Gasteiger partial charge in [0.05, 0.1) is 23.3 Å². The van der Waals surface area contributed by atoms with E-state index in [1.807, 2.05) is 24.3 Å². The molecule has 0 aliphatic carbocycles. The van der Waals surface area contributed by atoms with E-state index in [-0.39, 0.29) is 5.41 Å². The molecule has 0 unspecified atom stereocenters. The van der Waals surface area contributed by atoms with Gasteiger partial charge < -0.3 is 5.32 Å². The van der Waals surface area contributed by atoms with Gasteiger partial charge in [0.15, 0.2) is 5.82 Å².